The standard InChI is InChI=1S/C12H14O2S/c1-2-8-14-12(13)7-6-10-4-3-5-11(15)9-10/h3-7,9,15H,2,8H2,1H3. The predicted molar refractivity (Wildman–Crippen MR) is 64.0 cm³/mol. The van der Waals surface area contributed by atoms with Crippen LogP contribution >= 0.6 is 12.6 Å². The summed E-state index contributed by atoms with van der Waals surface area (Å²) >= 11 is 4.21. The monoisotopic (exact) mass is 222 g/mol. The summed E-state index contributed by atoms with van der Waals surface area (Å²) in [5.74, 6) is -0.304. The van der Waals surface area contributed by atoms with Crippen molar-refractivity contribution in [2.45, 2.75) is 18.2 Å². The van der Waals surface area contributed by atoms with E-state index >= 15 is 0 Å². The van der Waals surface area contributed by atoms with Crippen molar-refractivity contribution < 1.29 is 9.53 Å². The smallest absolute Gasteiger partial charge is 0.330 e. The Hall–Kier alpha value is -1.22. The normalized spacial score (nSPS) is 10.5. The molecule has 0 aliphatic heterocycles. The van der Waals surface area contributed by atoms with Crippen LogP contribution < -0.4 is 0 Å². The summed E-state index contributed by atoms with van der Waals surface area (Å²) in [5, 5.41) is 0. The Morgan fingerprint density at radius 1 is 1.53 bits per heavy atom. The fourth-order valence-electron chi connectivity index (χ4n) is 1.04. The molecule has 0 aromatic heterocycles. The maximum Gasteiger partial charge on any atom is 0.330 e. The number of benzene rings is 1. The molecular formula is C12H14O2S. The summed E-state index contributed by atoms with van der Waals surface area (Å²) in [6, 6.07) is 7.56. The molecule has 0 unspecified atom stereocenters. The zero-order valence-electron chi connectivity index (χ0n) is 8.64. The molecule has 1 rings (SSSR count). The van der Waals surface area contributed by atoms with Crippen LogP contribution in [0.4, 0.5) is 0 Å². The molecule has 0 saturated heterocycles. The van der Waals surface area contributed by atoms with E-state index in [1.807, 2.05) is 31.2 Å². The Balaban J connectivity index is 2.53. The zero-order chi connectivity index (χ0) is 11.1. The van der Waals surface area contributed by atoms with Crippen LogP contribution in [0.3, 0.4) is 0 Å². The van der Waals surface area contributed by atoms with Crippen molar-refractivity contribution in [3.63, 3.8) is 0 Å². The summed E-state index contributed by atoms with van der Waals surface area (Å²) < 4.78 is 4.90. The highest BCUT2D eigenvalue weighted by Gasteiger charge is 1.95. The number of hydrogen-bond donors (Lipinski definition) is 1. The van der Waals surface area contributed by atoms with Gasteiger partial charge in [-0.05, 0) is 30.2 Å². The summed E-state index contributed by atoms with van der Waals surface area (Å²) in [6.45, 7) is 2.43. The Kier molecular flexibility index (Phi) is 4.98. The highest BCUT2D eigenvalue weighted by atomic mass is 32.1. The average molecular weight is 222 g/mol. The van der Waals surface area contributed by atoms with Gasteiger partial charge in [0.1, 0.15) is 0 Å². The third-order valence-electron chi connectivity index (χ3n) is 1.73. The minimum absolute atomic E-state index is 0.304. The number of thiol groups is 1. The second-order valence-corrected chi connectivity index (χ2v) is 3.61. The molecule has 3 heteroatoms. The second kappa shape index (κ2) is 6.30. The van der Waals surface area contributed by atoms with Crippen LogP contribution in [-0.2, 0) is 9.53 Å². The van der Waals surface area contributed by atoms with E-state index < -0.39 is 0 Å². The summed E-state index contributed by atoms with van der Waals surface area (Å²) in [7, 11) is 0. The molecule has 0 heterocycles. The lowest BCUT2D eigenvalue weighted by molar-refractivity contribution is -0.137. The molecule has 0 spiro atoms. The highest BCUT2D eigenvalue weighted by molar-refractivity contribution is 7.80. The Morgan fingerprint density at radius 2 is 2.33 bits per heavy atom. The van der Waals surface area contributed by atoms with Gasteiger partial charge in [-0.15, -0.1) is 12.6 Å². The van der Waals surface area contributed by atoms with Crippen LogP contribution in [0.1, 0.15) is 18.9 Å². The van der Waals surface area contributed by atoms with Crippen molar-refractivity contribution in [1.29, 1.82) is 0 Å². The summed E-state index contributed by atoms with van der Waals surface area (Å²) in [6.07, 6.45) is 3.99. The van der Waals surface area contributed by atoms with Crippen molar-refractivity contribution in [1.82, 2.24) is 0 Å². The van der Waals surface area contributed by atoms with Crippen molar-refractivity contribution in [2.75, 3.05) is 6.61 Å². The molecule has 1 aromatic carbocycles. The Morgan fingerprint density at radius 3 is 3.00 bits per heavy atom. The van der Waals surface area contributed by atoms with E-state index in [0.29, 0.717) is 6.61 Å². The van der Waals surface area contributed by atoms with Gasteiger partial charge in [-0.25, -0.2) is 4.79 Å². The van der Waals surface area contributed by atoms with Gasteiger partial charge in [-0.1, -0.05) is 19.1 Å². The fraction of sp³-hybridized carbons (Fsp3) is 0.250. The largest absolute Gasteiger partial charge is 0.463 e. The number of ether oxygens (including phenoxy) is 1. The van der Waals surface area contributed by atoms with Gasteiger partial charge >= 0.3 is 5.97 Å². The number of rotatable bonds is 4. The molecule has 0 bridgehead atoms. The van der Waals surface area contributed by atoms with E-state index in [-0.39, 0.29) is 5.97 Å². The topological polar surface area (TPSA) is 26.3 Å². The molecule has 2 nitrogen and oxygen atoms in total. The first-order valence-corrected chi connectivity index (χ1v) is 5.31. The zero-order valence-corrected chi connectivity index (χ0v) is 9.54. The molecule has 0 aliphatic rings. The minimum atomic E-state index is -0.304. The number of carbonyl (C=O) groups excluding carboxylic acids is 1. The van der Waals surface area contributed by atoms with Crippen LogP contribution in [-0.4, -0.2) is 12.6 Å². The molecule has 0 N–H and O–H groups in total. The van der Waals surface area contributed by atoms with Crippen LogP contribution in [0, 0.1) is 0 Å². The predicted octanol–water partition coefficient (Wildman–Crippen LogP) is 2.94. The van der Waals surface area contributed by atoms with E-state index in [1.165, 1.54) is 6.08 Å². The van der Waals surface area contributed by atoms with Gasteiger partial charge < -0.3 is 4.74 Å². The van der Waals surface area contributed by atoms with E-state index in [9.17, 15) is 4.79 Å². The molecule has 0 aliphatic carbocycles. The molecule has 0 amide bonds. The van der Waals surface area contributed by atoms with Crippen molar-refractivity contribution >= 4 is 24.7 Å². The van der Waals surface area contributed by atoms with Crippen LogP contribution in [0.5, 0.6) is 0 Å². The van der Waals surface area contributed by atoms with Crippen LogP contribution in [0.15, 0.2) is 35.2 Å². The fourth-order valence-corrected chi connectivity index (χ4v) is 1.28. The van der Waals surface area contributed by atoms with Gasteiger partial charge in [0, 0.05) is 11.0 Å². The first-order valence-electron chi connectivity index (χ1n) is 4.86. The molecule has 0 atom stereocenters. The molecule has 1 aromatic rings. The minimum Gasteiger partial charge on any atom is -0.463 e. The van der Waals surface area contributed by atoms with E-state index in [1.54, 1.807) is 6.08 Å². The lowest BCUT2D eigenvalue weighted by Crippen LogP contribution is -2.00. The third-order valence-corrected chi connectivity index (χ3v) is 2.01. The number of hydrogen-bond acceptors (Lipinski definition) is 3. The van der Waals surface area contributed by atoms with Gasteiger partial charge in [0.25, 0.3) is 0 Å². The second-order valence-electron chi connectivity index (χ2n) is 3.10. The van der Waals surface area contributed by atoms with Gasteiger partial charge in [0.05, 0.1) is 6.61 Å². The summed E-state index contributed by atoms with van der Waals surface area (Å²) in [4.78, 5) is 12.0. The lowest BCUT2D eigenvalue weighted by Gasteiger charge is -1.98. The first kappa shape index (κ1) is 11.9. The van der Waals surface area contributed by atoms with E-state index in [0.717, 1.165) is 16.9 Å². The number of carbonyl (C=O) groups is 1. The lowest BCUT2D eigenvalue weighted by atomic mass is 10.2. The highest BCUT2D eigenvalue weighted by Crippen LogP contribution is 2.10. The molecule has 80 valence electrons. The Labute approximate surface area is 95.4 Å². The van der Waals surface area contributed by atoms with Gasteiger partial charge in [0.15, 0.2) is 0 Å². The molecule has 0 radical (unpaired) electrons. The van der Waals surface area contributed by atoms with Crippen molar-refractivity contribution in [3.05, 3.63) is 35.9 Å². The Bertz CT molecular complexity index is 358. The van der Waals surface area contributed by atoms with Crippen LogP contribution in [0.25, 0.3) is 6.08 Å². The quantitative estimate of drug-likeness (QED) is 0.481. The molecule has 15 heavy (non-hydrogen) atoms. The SMILES string of the molecule is CCCOC(=O)C=Cc1cccc(S)c1. The van der Waals surface area contributed by atoms with Crippen molar-refractivity contribution in [3.8, 4) is 0 Å². The average Bonchev–Trinajstić information content (AvgIpc) is 2.23. The van der Waals surface area contributed by atoms with Gasteiger partial charge in [-0.2, -0.15) is 0 Å². The molecular weight excluding hydrogens is 208 g/mol. The maximum absolute atomic E-state index is 11.1. The third kappa shape index (κ3) is 4.70. The molecule has 0 saturated carbocycles. The first-order chi connectivity index (χ1) is 7.22. The van der Waals surface area contributed by atoms with E-state index in [4.69, 9.17) is 4.74 Å². The number of esters is 1. The maximum atomic E-state index is 11.1. The van der Waals surface area contributed by atoms with Gasteiger partial charge in [0.2, 0.25) is 0 Å². The van der Waals surface area contributed by atoms with Crippen LogP contribution in [0.2, 0.25) is 0 Å². The van der Waals surface area contributed by atoms with Crippen molar-refractivity contribution in [2.24, 2.45) is 0 Å². The summed E-state index contributed by atoms with van der Waals surface area (Å²) in [5.41, 5.74) is 0.941. The van der Waals surface area contributed by atoms with E-state index in [2.05, 4.69) is 12.6 Å². The van der Waals surface area contributed by atoms with Gasteiger partial charge in [-0.3, -0.25) is 0 Å². The molecule has 0 fully saturated rings.